The molecule has 0 radical (unpaired) electrons. The number of hydrogen-bond donors (Lipinski definition) is 2. The third kappa shape index (κ3) is 5.61. The van der Waals surface area contributed by atoms with E-state index in [1.165, 1.54) is 5.56 Å². The lowest BCUT2D eigenvalue weighted by atomic mass is 10.1. The van der Waals surface area contributed by atoms with Crippen LogP contribution in [0.5, 0.6) is 0 Å². The molecule has 0 fully saturated rings. The van der Waals surface area contributed by atoms with Crippen LogP contribution in [0.4, 0.5) is 0 Å². The second-order valence-electron chi connectivity index (χ2n) is 6.73. The van der Waals surface area contributed by atoms with Crippen molar-refractivity contribution >= 4 is 0 Å². The summed E-state index contributed by atoms with van der Waals surface area (Å²) in [5.41, 5.74) is 3.89. The van der Waals surface area contributed by atoms with Gasteiger partial charge in [-0.2, -0.15) is 0 Å². The maximum absolute atomic E-state index is 12.1. The van der Waals surface area contributed by atoms with Gasteiger partial charge in [0, 0.05) is 30.4 Å². The molecule has 5 nitrogen and oxygen atoms in total. The molecule has 0 spiro atoms. The Hall–Kier alpha value is -2.76. The van der Waals surface area contributed by atoms with Crippen molar-refractivity contribution in [3.8, 4) is 11.4 Å². The van der Waals surface area contributed by atoms with E-state index in [1.54, 1.807) is 6.07 Å². The average molecular weight is 363 g/mol. The summed E-state index contributed by atoms with van der Waals surface area (Å²) in [5.74, 6) is 0.595. The van der Waals surface area contributed by atoms with Crippen molar-refractivity contribution in [1.82, 2.24) is 14.9 Å². The minimum absolute atomic E-state index is 0.133. The second kappa shape index (κ2) is 9.26. The molecule has 1 heterocycles. The van der Waals surface area contributed by atoms with Crippen LogP contribution in [0, 0.1) is 0 Å². The number of aromatic nitrogens is 2. The molecule has 0 atom stereocenters. The molecule has 3 rings (SSSR count). The second-order valence-corrected chi connectivity index (χ2v) is 6.73. The van der Waals surface area contributed by atoms with E-state index in [0.717, 1.165) is 36.2 Å². The molecule has 3 aromatic rings. The van der Waals surface area contributed by atoms with Gasteiger partial charge in [-0.15, -0.1) is 0 Å². The molecule has 0 aliphatic carbocycles. The lowest BCUT2D eigenvalue weighted by Gasteiger charge is -2.15. The lowest BCUT2D eigenvalue weighted by Crippen LogP contribution is -2.21. The largest absolute Gasteiger partial charge is 0.395 e. The molecule has 0 bridgehead atoms. The van der Waals surface area contributed by atoms with E-state index >= 15 is 0 Å². The molecule has 2 N–H and O–H groups in total. The maximum atomic E-state index is 12.1. The molecule has 0 aliphatic rings. The summed E-state index contributed by atoms with van der Waals surface area (Å²) in [4.78, 5) is 21.7. The molecule has 5 heteroatoms. The zero-order valence-electron chi connectivity index (χ0n) is 15.6. The first kappa shape index (κ1) is 19.0. The molecule has 0 amide bonds. The standard InChI is InChI=1S/C22H25N3O2/c1-25(12-13-26)16-18-8-5-9-19(14-18)22-23-20(15-21(27)24-22)11-10-17-6-3-2-4-7-17/h2-9,14-15,26H,10-13,16H2,1H3,(H,23,24,27). The Balaban J connectivity index is 1.78. The van der Waals surface area contributed by atoms with Crippen LogP contribution in [-0.4, -0.2) is 40.2 Å². The maximum Gasteiger partial charge on any atom is 0.251 e. The molecule has 2 aromatic carbocycles. The van der Waals surface area contributed by atoms with Gasteiger partial charge >= 0.3 is 0 Å². The summed E-state index contributed by atoms with van der Waals surface area (Å²) < 4.78 is 0. The first-order valence-corrected chi connectivity index (χ1v) is 9.17. The van der Waals surface area contributed by atoms with Gasteiger partial charge in [0.2, 0.25) is 0 Å². The van der Waals surface area contributed by atoms with E-state index in [0.29, 0.717) is 12.4 Å². The summed E-state index contributed by atoms with van der Waals surface area (Å²) >= 11 is 0. The smallest absolute Gasteiger partial charge is 0.251 e. The van der Waals surface area contributed by atoms with E-state index < -0.39 is 0 Å². The van der Waals surface area contributed by atoms with Crippen molar-refractivity contribution in [1.29, 1.82) is 0 Å². The van der Waals surface area contributed by atoms with E-state index in [9.17, 15) is 4.79 Å². The number of hydrogen-bond acceptors (Lipinski definition) is 4. The number of benzene rings is 2. The Morgan fingerprint density at radius 2 is 1.78 bits per heavy atom. The van der Waals surface area contributed by atoms with E-state index in [4.69, 9.17) is 5.11 Å². The molecule has 0 saturated carbocycles. The minimum atomic E-state index is -0.133. The van der Waals surface area contributed by atoms with Crippen LogP contribution >= 0.6 is 0 Å². The van der Waals surface area contributed by atoms with E-state index in [2.05, 4.69) is 22.1 Å². The predicted molar refractivity (Wildman–Crippen MR) is 108 cm³/mol. The van der Waals surface area contributed by atoms with Crippen LogP contribution in [-0.2, 0) is 19.4 Å². The highest BCUT2D eigenvalue weighted by Crippen LogP contribution is 2.17. The number of likely N-dealkylation sites (N-methyl/N-ethyl adjacent to an activating group) is 1. The van der Waals surface area contributed by atoms with Gasteiger partial charge < -0.3 is 10.1 Å². The molecular formula is C22H25N3O2. The predicted octanol–water partition coefficient (Wildman–Crippen LogP) is 2.65. The highest BCUT2D eigenvalue weighted by molar-refractivity contribution is 5.56. The third-order valence-electron chi connectivity index (χ3n) is 4.44. The van der Waals surface area contributed by atoms with Crippen LogP contribution in [0.15, 0.2) is 65.5 Å². The van der Waals surface area contributed by atoms with Gasteiger partial charge in [0.05, 0.1) is 6.61 Å². The number of aromatic amines is 1. The highest BCUT2D eigenvalue weighted by atomic mass is 16.3. The molecule has 1 aromatic heterocycles. The molecule has 0 aliphatic heterocycles. The Morgan fingerprint density at radius 1 is 1.00 bits per heavy atom. The molecule has 140 valence electrons. The number of nitrogens with one attached hydrogen (secondary N) is 1. The van der Waals surface area contributed by atoms with Gasteiger partial charge in [0.1, 0.15) is 5.82 Å². The van der Waals surface area contributed by atoms with Crippen molar-refractivity contribution in [3.63, 3.8) is 0 Å². The Labute approximate surface area is 159 Å². The lowest BCUT2D eigenvalue weighted by molar-refractivity contribution is 0.217. The van der Waals surface area contributed by atoms with Gasteiger partial charge in [-0.1, -0.05) is 48.5 Å². The molecule has 27 heavy (non-hydrogen) atoms. The van der Waals surface area contributed by atoms with Gasteiger partial charge in [0.15, 0.2) is 0 Å². The molecule has 0 unspecified atom stereocenters. The van der Waals surface area contributed by atoms with Crippen LogP contribution in [0.3, 0.4) is 0 Å². The van der Waals surface area contributed by atoms with Crippen LogP contribution in [0.25, 0.3) is 11.4 Å². The summed E-state index contributed by atoms with van der Waals surface area (Å²) in [5, 5.41) is 9.05. The first-order valence-electron chi connectivity index (χ1n) is 9.17. The number of rotatable bonds is 8. The highest BCUT2D eigenvalue weighted by Gasteiger charge is 2.07. The average Bonchev–Trinajstić information content (AvgIpc) is 2.67. The van der Waals surface area contributed by atoms with Gasteiger partial charge in [-0.25, -0.2) is 4.98 Å². The van der Waals surface area contributed by atoms with Crippen molar-refractivity contribution in [2.75, 3.05) is 20.2 Å². The van der Waals surface area contributed by atoms with Crippen LogP contribution in [0.1, 0.15) is 16.8 Å². The zero-order valence-corrected chi connectivity index (χ0v) is 15.6. The van der Waals surface area contributed by atoms with Crippen molar-refractivity contribution in [2.45, 2.75) is 19.4 Å². The Bertz CT molecular complexity index is 922. The van der Waals surface area contributed by atoms with Crippen LogP contribution in [0.2, 0.25) is 0 Å². The third-order valence-corrected chi connectivity index (χ3v) is 4.44. The van der Waals surface area contributed by atoms with Crippen molar-refractivity contribution in [3.05, 3.63) is 87.8 Å². The zero-order chi connectivity index (χ0) is 19.1. The summed E-state index contributed by atoms with van der Waals surface area (Å²) in [6.07, 6.45) is 1.57. The quantitative estimate of drug-likeness (QED) is 0.646. The fraction of sp³-hybridized carbons (Fsp3) is 0.273. The number of aliphatic hydroxyl groups excluding tert-OH is 1. The monoisotopic (exact) mass is 363 g/mol. The number of nitrogens with zero attached hydrogens (tertiary/aromatic N) is 2. The van der Waals surface area contributed by atoms with Gasteiger partial charge in [0.25, 0.3) is 5.56 Å². The van der Waals surface area contributed by atoms with Crippen molar-refractivity contribution < 1.29 is 5.11 Å². The Kier molecular flexibility index (Phi) is 6.52. The first-order chi connectivity index (χ1) is 13.1. The topological polar surface area (TPSA) is 69.2 Å². The fourth-order valence-electron chi connectivity index (χ4n) is 3.07. The fourth-order valence-corrected chi connectivity index (χ4v) is 3.07. The number of H-pyrrole nitrogens is 1. The van der Waals surface area contributed by atoms with Crippen LogP contribution < -0.4 is 5.56 Å². The summed E-state index contributed by atoms with van der Waals surface area (Å²) in [6, 6.07) is 19.8. The molecular weight excluding hydrogens is 338 g/mol. The van der Waals surface area contributed by atoms with E-state index in [1.807, 2.05) is 54.4 Å². The van der Waals surface area contributed by atoms with Gasteiger partial charge in [-0.05, 0) is 37.1 Å². The SMILES string of the molecule is CN(CCO)Cc1cccc(-c2nc(CCc3ccccc3)cc(=O)[nH]2)c1. The minimum Gasteiger partial charge on any atom is -0.395 e. The van der Waals surface area contributed by atoms with Gasteiger partial charge in [-0.3, -0.25) is 9.69 Å². The van der Waals surface area contributed by atoms with Crippen molar-refractivity contribution in [2.24, 2.45) is 0 Å². The normalized spacial score (nSPS) is 11.1. The Morgan fingerprint density at radius 3 is 2.56 bits per heavy atom. The molecule has 0 saturated heterocycles. The summed E-state index contributed by atoms with van der Waals surface area (Å²) in [6.45, 7) is 1.48. The van der Waals surface area contributed by atoms with E-state index in [-0.39, 0.29) is 12.2 Å². The number of aliphatic hydroxyl groups is 1. The number of aryl methyl sites for hydroxylation is 2. The summed E-state index contributed by atoms with van der Waals surface area (Å²) in [7, 11) is 1.97.